The molecule has 0 aromatic heterocycles. The fraction of sp³-hybridized carbons (Fsp3) is 0.467. The molecule has 1 aromatic rings. The molecule has 0 saturated carbocycles. The Hall–Kier alpha value is -1.16. The predicted molar refractivity (Wildman–Crippen MR) is 75.5 cm³/mol. The number of nitrogens with zero attached hydrogens (tertiary/aromatic N) is 1. The van der Waals surface area contributed by atoms with Gasteiger partial charge in [0.25, 0.3) is 0 Å². The number of hydrogen-bond acceptors (Lipinski definition) is 3. The molecule has 98 valence electrons. The molecular weight excluding hydrogens is 224 g/mol. The van der Waals surface area contributed by atoms with E-state index in [0.717, 1.165) is 32.7 Å². The molecule has 3 nitrogen and oxygen atoms in total. The van der Waals surface area contributed by atoms with Crippen molar-refractivity contribution in [3.63, 3.8) is 0 Å². The van der Waals surface area contributed by atoms with Crippen LogP contribution in [0.5, 0.6) is 0 Å². The summed E-state index contributed by atoms with van der Waals surface area (Å²) in [6.45, 7) is 6.24. The molecule has 1 aromatic carbocycles. The van der Waals surface area contributed by atoms with Crippen molar-refractivity contribution in [1.82, 2.24) is 10.2 Å². The van der Waals surface area contributed by atoms with Gasteiger partial charge in [-0.25, -0.2) is 0 Å². The van der Waals surface area contributed by atoms with E-state index in [1.165, 1.54) is 11.1 Å². The van der Waals surface area contributed by atoms with Gasteiger partial charge in [0.2, 0.25) is 0 Å². The predicted octanol–water partition coefficient (Wildman–Crippen LogP) is 1.75. The molecule has 0 spiro atoms. The van der Waals surface area contributed by atoms with Gasteiger partial charge in [0.05, 0.1) is 6.61 Å². The number of nitrogens with one attached hydrogen (secondary N) is 1. The van der Waals surface area contributed by atoms with Gasteiger partial charge in [-0.05, 0) is 11.1 Å². The first kappa shape index (κ1) is 13.3. The van der Waals surface area contributed by atoms with E-state index in [-0.39, 0.29) is 0 Å². The molecule has 3 heteroatoms. The monoisotopic (exact) mass is 246 g/mol. The van der Waals surface area contributed by atoms with Crippen LogP contribution in [0.25, 0.3) is 6.08 Å². The topological polar surface area (TPSA) is 24.5 Å². The van der Waals surface area contributed by atoms with Crippen LogP contribution in [0.2, 0.25) is 0 Å². The molecule has 18 heavy (non-hydrogen) atoms. The number of piperazine rings is 1. The second kappa shape index (κ2) is 7.31. The first-order valence-corrected chi connectivity index (χ1v) is 6.56. The Balaban J connectivity index is 1.86. The first-order valence-electron chi connectivity index (χ1n) is 6.56. The minimum atomic E-state index is 0.669. The quantitative estimate of drug-likeness (QED) is 0.856. The maximum absolute atomic E-state index is 4.99. The molecular formula is C15H22N2O. The van der Waals surface area contributed by atoms with Gasteiger partial charge in [-0.1, -0.05) is 36.4 Å². The van der Waals surface area contributed by atoms with Crippen molar-refractivity contribution < 1.29 is 4.74 Å². The highest BCUT2D eigenvalue weighted by Gasteiger charge is 2.09. The van der Waals surface area contributed by atoms with Crippen LogP contribution in [0.4, 0.5) is 0 Å². The van der Waals surface area contributed by atoms with E-state index < -0.39 is 0 Å². The van der Waals surface area contributed by atoms with Crippen LogP contribution < -0.4 is 5.32 Å². The lowest BCUT2D eigenvalue weighted by Crippen LogP contribution is -2.42. The third kappa shape index (κ3) is 4.26. The minimum absolute atomic E-state index is 0.669. The van der Waals surface area contributed by atoms with Gasteiger partial charge in [-0.3, -0.25) is 4.90 Å². The number of benzene rings is 1. The van der Waals surface area contributed by atoms with Crippen LogP contribution in [0, 0.1) is 0 Å². The van der Waals surface area contributed by atoms with Crippen LogP contribution >= 0.6 is 0 Å². The van der Waals surface area contributed by atoms with Crippen molar-refractivity contribution in [1.29, 1.82) is 0 Å². The normalized spacial score (nSPS) is 17.4. The lowest BCUT2D eigenvalue weighted by atomic mass is 10.1. The van der Waals surface area contributed by atoms with E-state index in [1.807, 2.05) is 6.08 Å². The third-order valence-electron chi connectivity index (χ3n) is 3.17. The number of ether oxygens (including phenoxy) is 1. The fourth-order valence-electron chi connectivity index (χ4n) is 2.14. The maximum atomic E-state index is 4.99. The first-order chi connectivity index (χ1) is 8.88. The zero-order valence-corrected chi connectivity index (χ0v) is 11.1. The zero-order valence-electron chi connectivity index (χ0n) is 11.1. The van der Waals surface area contributed by atoms with E-state index in [2.05, 4.69) is 40.6 Å². The highest BCUT2D eigenvalue weighted by atomic mass is 16.5. The van der Waals surface area contributed by atoms with Crippen LogP contribution in [0.15, 0.2) is 30.3 Å². The Bertz CT molecular complexity index is 367. The molecule has 0 unspecified atom stereocenters. The third-order valence-corrected chi connectivity index (χ3v) is 3.17. The summed E-state index contributed by atoms with van der Waals surface area (Å²) in [7, 11) is 1.71. The summed E-state index contributed by atoms with van der Waals surface area (Å²) in [5.74, 6) is 0. The highest BCUT2D eigenvalue weighted by molar-refractivity contribution is 5.49. The van der Waals surface area contributed by atoms with E-state index in [9.17, 15) is 0 Å². The van der Waals surface area contributed by atoms with Gasteiger partial charge >= 0.3 is 0 Å². The maximum Gasteiger partial charge on any atom is 0.0646 e. The molecule has 1 N–H and O–H groups in total. The van der Waals surface area contributed by atoms with Crippen molar-refractivity contribution in [3.05, 3.63) is 41.5 Å². The van der Waals surface area contributed by atoms with Gasteiger partial charge in [-0.15, -0.1) is 0 Å². The van der Waals surface area contributed by atoms with Gasteiger partial charge < -0.3 is 10.1 Å². The fourth-order valence-corrected chi connectivity index (χ4v) is 2.14. The smallest absolute Gasteiger partial charge is 0.0646 e. The second-order valence-corrected chi connectivity index (χ2v) is 4.63. The molecule has 1 aliphatic heterocycles. The number of rotatable bonds is 5. The number of hydrogen-bond donors (Lipinski definition) is 1. The molecule has 0 bridgehead atoms. The van der Waals surface area contributed by atoms with Gasteiger partial charge in [0.1, 0.15) is 0 Å². The summed E-state index contributed by atoms with van der Waals surface area (Å²) in [6, 6.07) is 8.77. The van der Waals surface area contributed by atoms with Crippen LogP contribution in [-0.2, 0) is 11.3 Å². The molecule has 0 radical (unpaired) electrons. The standard InChI is InChI=1S/C15H22N2O/c1-18-12-2-3-14-4-6-15(7-5-14)13-17-10-8-16-9-11-17/h2-7,16H,8-13H2,1H3/b3-2+. The molecule has 1 fully saturated rings. The largest absolute Gasteiger partial charge is 0.381 e. The summed E-state index contributed by atoms with van der Waals surface area (Å²) in [5, 5.41) is 3.38. The van der Waals surface area contributed by atoms with Crippen molar-refractivity contribution in [3.8, 4) is 0 Å². The Labute approximate surface area is 109 Å². The van der Waals surface area contributed by atoms with Crippen molar-refractivity contribution in [2.24, 2.45) is 0 Å². The van der Waals surface area contributed by atoms with E-state index in [4.69, 9.17) is 4.74 Å². The summed E-state index contributed by atoms with van der Waals surface area (Å²) in [4.78, 5) is 2.49. The van der Waals surface area contributed by atoms with E-state index in [1.54, 1.807) is 7.11 Å². The van der Waals surface area contributed by atoms with Gasteiger partial charge in [-0.2, -0.15) is 0 Å². The van der Waals surface area contributed by atoms with Crippen molar-refractivity contribution in [2.75, 3.05) is 39.9 Å². The van der Waals surface area contributed by atoms with Crippen LogP contribution in [0.1, 0.15) is 11.1 Å². The molecule has 0 aliphatic carbocycles. The Kier molecular flexibility index (Phi) is 5.39. The summed E-state index contributed by atoms with van der Waals surface area (Å²) in [5.41, 5.74) is 2.62. The average molecular weight is 246 g/mol. The Morgan fingerprint density at radius 1 is 1.22 bits per heavy atom. The van der Waals surface area contributed by atoms with Crippen molar-refractivity contribution >= 4 is 6.08 Å². The van der Waals surface area contributed by atoms with Crippen LogP contribution in [-0.4, -0.2) is 44.8 Å². The summed E-state index contributed by atoms with van der Waals surface area (Å²) < 4.78 is 4.99. The van der Waals surface area contributed by atoms with E-state index in [0.29, 0.717) is 6.61 Å². The molecule has 0 atom stereocenters. The lowest BCUT2D eigenvalue weighted by molar-refractivity contribution is 0.233. The zero-order chi connectivity index (χ0) is 12.6. The van der Waals surface area contributed by atoms with Gasteiger partial charge in [0.15, 0.2) is 0 Å². The Morgan fingerprint density at radius 3 is 2.61 bits per heavy atom. The Morgan fingerprint density at radius 2 is 1.94 bits per heavy atom. The molecule has 1 aliphatic rings. The average Bonchev–Trinajstić information content (AvgIpc) is 2.42. The molecule has 0 amide bonds. The second-order valence-electron chi connectivity index (χ2n) is 4.63. The lowest BCUT2D eigenvalue weighted by Gasteiger charge is -2.27. The molecule has 1 heterocycles. The summed E-state index contributed by atoms with van der Waals surface area (Å²) >= 11 is 0. The number of methoxy groups -OCH3 is 1. The van der Waals surface area contributed by atoms with E-state index >= 15 is 0 Å². The van der Waals surface area contributed by atoms with Gasteiger partial charge in [0, 0.05) is 39.8 Å². The summed E-state index contributed by atoms with van der Waals surface area (Å²) in [6.07, 6.45) is 4.13. The molecule has 1 saturated heterocycles. The molecule has 2 rings (SSSR count). The van der Waals surface area contributed by atoms with Crippen LogP contribution in [0.3, 0.4) is 0 Å². The van der Waals surface area contributed by atoms with Crippen molar-refractivity contribution in [2.45, 2.75) is 6.54 Å². The minimum Gasteiger partial charge on any atom is -0.381 e. The SMILES string of the molecule is COC/C=C/c1ccc(CN2CCNCC2)cc1. The highest BCUT2D eigenvalue weighted by Crippen LogP contribution is 2.09.